The SMILES string of the molecule is O=C(NC1C(=O)n2c(COc3cccc(Cl)c3)nnc2SC1c1ccc(F)cc1)c1ccccc1. The summed E-state index contributed by atoms with van der Waals surface area (Å²) in [7, 11) is 0. The van der Waals surface area contributed by atoms with Gasteiger partial charge in [0.25, 0.3) is 11.8 Å². The summed E-state index contributed by atoms with van der Waals surface area (Å²) in [6.07, 6.45) is 0. The third-order valence-corrected chi connectivity index (χ3v) is 6.92. The van der Waals surface area contributed by atoms with Crippen molar-refractivity contribution in [2.45, 2.75) is 23.1 Å². The Labute approximate surface area is 209 Å². The van der Waals surface area contributed by atoms with E-state index in [9.17, 15) is 14.0 Å². The number of thioether (sulfide) groups is 1. The lowest BCUT2D eigenvalue weighted by Gasteiger charge is -2.31. The summed E-state index contributed by atoms with van der Waals surface area (Å²) in [6.45, 7) is -0.0276. The van der Waals surface area contributed by atoms with Crippen molar-refractivity contribution >= 4 is 35.2 Å². The number of ether oxygens (including phenoxy) is 1. The largest absolute Gasteiger partial charge is 0.486 e. The predicted octanol–water partition coefficient (Wildman–Crippen LogP) is 4.94. The number of hydrogen-bond donors (Lipinski definition) is 1. The Kier molecular flexibility index (Phi) is 6.52. The number of carbonyl (C=O) groups excluding carboxylic acids is 2. The van der Waals surface area contributed by atoms with E-state index in [0.29, 0.717) is 27.1 Å². The van der Waals surface area contributed by atoms with Crippen molar-refractivity contribution in [3.05, 3.63) is 107 Å². The van der Waals surface area contributed by atoms with Crippen LogP contribution >= 0.6 is 23.4 Å². The summed E-state index contributed by atoms with van der Waals surface area (Å²) in [6, 6.07) is 20.4. The Balaban J connectivity index is 1.46. The van der Waals surface area contributed by atoms with E-state index in [0.717, 1.165) is 0 Å². The number of amides is 1. The molecule has 0 bridgehead atoms. The summed E-state index contributed by atoms with van der Waals surface area (Å²) in [5, 5.41) is 11.5. The van der Waals surface area contributed by atoms with Gasteiger partial charge in [0.1, 0.15) is 24.2 Å². The van der Waals surface area contributed by atoms with Gasteiger partial charge in [-0.1, -0.05) is 59.8 Å². The van der Waals surface area contributed by atoms with Crippen LogP contribution in [0.3, 0.4) is 0 Å². The zero-order valence-electron chi connectivity index (χ0n) is 18.1. The van der Waals surface area contributed by atoms with Crippen LogP contribution in [0.15, 0.2) is 84.0 Å². The Morgan fingerprint density at radius 1 is 1.06 bits per heavy atom. The topological polar surface area (TPSA) is 86.1 Å². The normalized spacial score (nSPS) is 17.0. The maximum atomic E-state index is 13.7. The van der Waals surface area contributed by atoms with Gasteiger partial charge in [-0.3, -0.25) is 9.59 Å². The Hall–Kier alpha value is -3.69. The van der Waals surface area contributed by atoms with Gasteiger partial charge in [-0.05, 0) is 48.0 Å². The molecule has 0 fully saturated rings. The molecule has 2 unspecified atom stereocenters. The highest BCUT2D eigenvalue weighted by Crippen LogP contribution is 2.42. The average Bonchev–Trinajstić information content (AvgIpc) is 3.28. The molecule has 7 nitrogen and oxygen atoms in total. The number of fused-ring (bicyclic) bond motifs is 1. The molecule has 0 radical (unpaired) electrons. The zero-order valence-corrected chi connectivity index (χ0v) is 19.7. The zero-order chi connectivity index (χ0) is 24.4. The molecule has 0 saturated carbocycles. The van der Waals surface area contributed by atoms with Crippen molar-refractivity contribution in [1.82, 2.24) is 20.1 Å². The number of halogens is 2. The monoisotopic (exact) mass is 508 g/mol. The Morgan fingerprint density at radius 3 is 2.57 bits per heavy atom. The van der Waals surface area contributed by atoms with Gasteiger partial charge < -0.3 is 10.1 Å². The first kappa shape index (κ1) is 23.1. The molecule has 1 N–H and O–H groups in total. The quantitative estimate of drug-likeness (QED) is 0.397. The highest BCUT2D eigenvalue weighted by atomic mass is 35.5. The molecule has 35 heavy (non-hydrogen) atoms. The lowest BCUT2D eigenvalue weighted by atomic mass is 10.0. The van der Waals surface area contributed by atoms with E-state index >= 15 is 0 Å². The predicted molar refractivity (Wildman–Crippen MR) is 129 cm³/mol. The van der Waals surface area contributed by atoms with E-state index in [1.165, 1.54) is 28.5 Å². The van der Waals surface area contributed by atoms with Gasteiger partial charge in [-0.25, -0.2) is 8.96 Å². The molecule has 1 amide bonds. The summed E-state index contributed by atoms with van der Waals surface area (Å²) in [4.78, 5) is 26.6. The van der Waals surface area contributed by atoms with Crippen molar-refractivity contribution in [3.63, 3.8) is 0 Å². The second-order valence-corrected chi connectivity index (χ2v) is 9.27. The van der Waals surface area contributed by atoms with E-state index in [2.05, 4.69) is 15.5 Å². The first-order chi connectivity index (χ1) is 17.0. The molecule has 1 aliphatic heterocycles. The van der Waals surface area contributed by atoms with Crippen LogP contribution in [0.1, 0.15) is 31.8 Å². The molecule has 2 heterocycles. The van der Waals surface area contributed by atoms with E-state index in [-0.39, 0.29) is 12.4 Å². The standard InChI is InChI=1S/C25H18ClFN4O3S/c26-17-7-4-8-19(13-17)34-14-20-29-30-25-31(20)24(33)21(28-23(32)16-5-2-1-3-6-16)22(35-25)15-9-11-18(27)12-10-15/h1-13,21-22H,14H2,(H,28,32). The Morgan fingerprint density at radius 2 is 1.83 bits per heavy atom. The second-order valence-electron chi connectivity index (χ2n) is 7.73. The smallest absolute Gasteiger partial charge is 0.258 e. The number of nitrogens with one attached hydrogen (secondary N) is 1. The molecule has 10 heteroatoms. The first-order valence-corrected chi connectivity index (χ1v) is 11.9. The molecule has 176 valence electrons. The van der Waals surface area contributed by atoms with Crippen LogP contribution in [0, 0.1) is 5.82 Å². The molecule has 4 aromatic rings. The number of rotatable bonds is 6. The molecular weight excluding hydrogens is 491 g/mol. The molecule has 2 atom stereocenters. The van der Waals surface area contributed by atoms with Crippen molar-refractivity contribution in [2.24, 2.45) is 0 Å². The van der Waals surface area contributed by atoms with Crippen LogP contribution in [-0.4, -0.2) is 32.6 Å². The summed E-state index contributed by atoms with van der Waals surface area (Å²) in [5.74, 6) is -0.399. The highest BCUT2D eigenvalue weighted by molar-refractivity contribution is 7.99. The molecule has 1 aliphatic rings. The van der Waals surface area contributed by atoms with Crippen LogP contribution < -0.4 is 10.1 Å². The molecule has 0 spiro atoms. The van der Waals surface area contributed by atoms with Crippen molar-refractivity contribution in [2.75, 3.05) is 0 Å². The van der Waals surface area contributed by atoms with Gasteiger partial charge in [0.15, 0.2) is 11.0 Å². The molecular formula is C25H18ClFN4O3S. The highest BCUT2D eigenvalue weighted by Gasteiger charge is 2.41. The van der Waals surface area contributed by atoms with Crippen LogP contribution in [0.5, 0.6) is 5.75 Å². The van der Waals surface area contributed by atoms with Crippen LogP contribution in [0.25, 0.3) is 0 Å². The Bertz CT molecular complexity index is 1380. The van der Waals surface area contributed by atoms with Gasteiger partial charge in [0.2, 0.25) is 0 Å². The summed E-state index contributed by atoms with van der Waals surface area (Å²) >= 11 is 7.28. The maximum Gasteiger partial charge on any atom is 0.258 e. The fourth-order valence-electron chi connectivity index (χ4n) is 3.71. The first-order valence-electron chi connectivity index (χ1n) is 10.6. The average molecular weight is 509 g/mol. The second kappa shape index (κ2) is 9.89. The summed E-state index contributed by atoms with van der Waals surface area (Å²) < 4.78 is 20.7. The van der Waals surface area contributed by atoms with Crippen molar-refractivity contribution < 1.29 is 18.7 Å². The van der Waals surface area contributed by atoms with Crippen molar-refractivity contribution in [3.8, 4) is 5.75 Å². The van der Waals surface area contributed by atoms with Gasteiger partial charge in [0, 0.05) is 10.6 Å². The number of nitrogens with zero attached hydrogens (tertiary/aromatic N) is 3. The van der Waals surface area contributed by atoms with Crippen LogP contribution in [0.2, 0.25) is 5.02 Å². The van der Waals surface area contributed by atoms with E-state index in [4.69, 9.17) is 16.3 Å². The van der Waals surface area contributed by atoms with Crippen LogP contribution in [0.4, 0.5) is 4.39 Å². The van der Waals surface area contributed by atoms with Crippen LogP contribution in [-0.2, 0) is 6.61 Å². The molecule has 5 rings (SSSR count). The maximum absolute atomic E-state index is 13.7. The minimum Gasteiger partial charge on any atom is -0.486 e. The third kappa shape index (κ3) is 4.91. The number of benzene rings is 3. The summed E-state index contributed by atoms with van der Waals surface area (Å²) in [5.41, 5.74) is 1.09. The fraction of sp³-hybridized carbons (Fsp3) is 0.120. The third-order valence-electron chi connectivity index (χ3n) is 5.41. The van der Waals surface area contributed by atoms with Gasteiger partial charge >= 0.3 is 0 Å². The molecule has 0 saturated heterocycles. The lowest BCUT2D eigenvalue weighted by Crippen LogP contribution is -2.49. The van der Waals surface area contributed by atoms with Crippen molar-refractivity contribution in [1.29, 1.82) is 0 Å². The number of aromatic nitrogens is 3. The van der Waals surface area contributed by atoms with Gasteiger partial charge in [-0.2, -0.15) is 0 Å². The number of carbonyl (C=O) groups is 2. The lowest BCUT2D eigenvalue weighted by molar-refractivity contribution is 0.0781. The fourth-order valence-corrected chi connectivity index (χ4v) is 5.12. The molecule has 3 aromatic carbocycles. The minimum absolute atomic E-state index is 0.0276. The molecule has 0 aliphatic carbocycles. The number of hydrogen-bond acceptors (Lipinski definition) is 6. The van der Waals surface area contributed by atoms with E-state index in [1.807, 2.05) is 0 Å². The van der Waals surface area contributed by atoms with E-state index in [1.54, 1.807) is 66.7 Å². The van der Waals surface area contributed by atoms with Gasteiger partial charge in [0.05, 0.1) is 5.25 Å². The van der Waals surface area contributed by atoms with E-state index < -0.39 is 28.9 Å². The van der Waals surface area contributed by atoms with Gasteiger partial charge in [-0.15, -0.1) is 10.2 Å². The minimum atomic E-state index is -0.952. The molecule has 1 aromatic heterocycles.